The number of carbonyl (C=O) groups is 1. The van der Waals surface area contributed by atoms with Gasteiger partial charge in [-0.1, -0.05) is 39.0 Å². The third kappa shape index (κ3) is 4.52. The predicted molar refractivity (Wildman–Crippen MR) is 89.5 cm³/mol. The van der Waals surface area contributed by atoms with E-state index in [1.165, 1.54) is 11.9 Å². The zero-order valence-electron chi connectivity index (χ0n) is 13.4. The molecular weight excluding hydrogens is 274 g/mol. The van der Waals surface area contributed by atoms with Gasteiger partial charge in [-0.25, -0.2) is 9.97 Å². The molecule has 0 aliphatic heterocycles. The van der Waals surface area contributed by atoms with Gasteiger partial charge in [0.05, 0.1) is 0 Å². The van der Waals surface area contributed by atoms with Crippen molar-refractivity contribution in [3.05, 3.63) is 60.1 Å². The van der Waals surface area contributed by atoms with Crippen LogP contribution in [0.1, 0.15) is 43.6 Å². The lowest BCUT2D eigenvalue weighted by Crippen LogP contribution is -2.12. The van der Waals surface area contributed by atoms with E-state index in [0.29, 0.717) is 11.4 Å². The lowest BCUT2D eigenvalue weighted by atomic mass is 9.91. The highest BCUT2D eigenvalue weighted by molar-refractivity contribution is 6.03. The summed E-state index contributed by atoms with van der Waals surface area (Å²) >= 11 is 0. The highest BCUT2D eigenvalue weighted by Crippen LogP contribution is 2.23. The van der Waals surface area contributed by atoms with Gasteiger partial charge in [0.25, 0.3) is 5.91 Å². The zero-order chi connectivity index (χ0) is 16.2. The SMILES string of the molecule is CC(=CC(C)(C)C)c1ccc(C(=O)Nc2ccncn2)cc1. The lowest BCUT2D eigenvalue weighted by Gasteiger charge is -2.14. The van der Waals surface area contributed by atoms with Gasteiger partial charge < -0.3 is 5.32 Å². The smallest absolute Gasteiger partial charge is 0.256 e. The summed E-state index contributed by atoms with van der Waals surface area (Å²) in [6.07, 6.45) is 5.22. The van der Waals surface area contributed by atoms with Gasteiger partial charge in [-0.15, -0.1) is 0 Å². The Bertz CT molecular complexity index is 668. The Labute approximate surface area is 131 Å². The fourth-order valence-electron chi connectivity index (χ4n) is 2.17. The van der Waals surface area contributed by atoms with Gasteiger partial charge in [0.15, 0.2) is 0 Å². The van der Waals surface area contributed by atoms with Crippen LogP contribution in [0, 0.1) is 5.41 Å². The molecule has 114 valence electrons. The van der Waals surface area contributed by atoms with Gasteiger partial charge in [-0.05, 0) is 41.7 Å². The van der Waals surface area contributed by atoms with Crippen LogP contribution in [0.25, 0.3) is 5.57 Å². The van der Waals surface area contributed by atoms with Crippen LogP contribution in [0.2, 0.25) is 0 Å². The average molecular weight is 295 g/mol. The summed E-state index contributed by atoms with van der Waals surface area (Å²) in [4.78, 5) is 19.9. The molecule has 4 heteroatoms. The molecule has 0 aliphatic carbocycles. The van der Waals surface area contributed by atoms with Crippen molar-refractivity contribution in [3.63, 3.8) is 0 Å². The number of hydrogen-bond donors (Lipinski definition) is 1. The number of rotatable bonds is 3. The maximum Gasteiger partial charge on any atom is 0.256 e. The number of hydrogen-bond acceptors (Lipinski definition) is 3. The summed E-state index contributed by atoms with van der Waals surface area (Å²) in [6, 6.07) is 9.24. The molecule has 1 aromatic heterocycles. The van der Waals surface area contributed by atoms with Gasteiger partial charge in [0.1, 0.15) is 12.1 Å². The number of nitrogens with zero attached hydrogens (tertiary/aromatic N) is 2. The molecule has 0 unspecified atom stereocenters. The first kappa shape index (κ1) is 15.9. The monoisotopic (exact) mass is 295 g/mol. The number of nitrogens with one attached hydrogen (secondary N) is 1. The first-order valence-corrected chi connectivity index (χ1v) is 7.22. The minimum Gasteiger partial charge on any atom is -0.306 e. The van der Waals surface area contributed by atoms with E-state index in [1.807, 2.05) is 24.3 Å². The van der Waals surface area contributed by atoms with Crippen LogP contribution in [0.4, 0.5) is 5.82 Å². The lowest BCUT2D eigenvalue weighted by molar-refractivity contribution is 0.102. The van der Waals surface area contributed by atoms with Crippen LogP contribution in [-0.2, 0) is 0 Å². The molecule has 1 amide bonds. The average Bonchev–Trinajstić information content (AvgIpc) is 2.46. The van der Waals surface area contributed by atoms with Crippen molar-refractivity contribution < 1.29 is 4.79 Å². The van der Waals surface area contributed by atoms with Crippen molar-refractivity contribution >= 4 is 17.3 Å². The maximum atomic E-state index is 12.1. The fourth-order valence-corrected chi connectivity index (χ4v) is 2.17. The predicted octanol–water partition coefficient (Wildman–Crippen LogP) is 4.18. The topological polar surface area (TPSA) is 54.9 Å². The minimum atomic E-state index is -0.178. The molecule has 0 saturated heterocycles. The number of aromatic nitrogens is 2. The Morgan fingerprint density at radius 1 is 1.09 bits per heavy atom. The van der Waals surface area contributed by atoms with Crippen LogP contribution < -0.4 is 5.32 Å². The van der Waals surface area contributed by atoms with Crippen molar-refractivity contribution in [3.8, 4) is 0 Å². The van der Waals surface area contributed by atoms with E-state index in [-0.39, 0.29) is 11.3 Å². The summed E-state index contributed by atoms with van der Waals surface area (Å²) in [7, 11) is 0. The molecule has 0 aliphatic rings. The standard InChI is InChI=1S/C18H21N3O/c1-13(11-18(2,3)4)14-5-7-15(8-6-14)17(22)21-16-9-10-19-12-20-16/h5-12H,1-4H3,(H,19,20,21,22). The van der Waals surface area contributed by atoms with E-state index in [4.69, 9.17) is 0 Å². The molecular formula is C18H21N3O. The largest absolute Gasteiger partial charge is 0.306 e. The van der Waals surface area contributed by atoms with Gasteiger partial charge >= 0.3 is 0 Å². The third-order valence-electron chi connectivity index (χ3n) is 3.08. The molecule has 2 rings (SSSR count). The molecule has 2 aromatic rings. The van der Waals surface area contributed by atoms with Gasteiger partial charge in [0.2, 0.25) is 0 Å². The third-order valence-corrected chi connectivity index (χ3v) is 3.08. The molecule has 0 radical (unpaired) electrons. The van der Waals surface area contributed by atoms with Crippen molar-refractivity contribution in [1.29, 1.82) is 0 Å². The molecule has 0 saturated carbocycles. The summed E-state index contributed by atoms with van der Waals surface area (Å²) in [6.45, 7) is 8.58. The van der Waals surface area contributed by atoms with Crippen molar-refractivity contribution in [2.75, 3.05) is 5.32 Å². The molecule has 22 heavy (non-hydrogen) atoms. The molecule has 0 atom stereocenters. The Morgan fingerprint density at radius 3 is 2.27 bits per heavy atom. The van der Waals surface area contributed by atoms with E-state index in [0.717, 1.165) is 5.56 Å². The Kier molecular flexibility index (Phi) is 4.71. The van der Waals surface area contributed by atoms with E-state index in [9.17, 15) is 4.79 Å². The van der Waals surface area contributed by atoms with Crippen LogP contribution >= 0.6 is 0 Å². The zero-order valence-corrected chi connectivity index (χ0v) is 13.4. The van der Waals surface area contributed by atoms with Crippen LogP contribution in [-0.4, -0.2) is 15.9 Å². The summed E-state index contributed by atoms with van der Waals surface area (Å²) in [5.41, 5.74) is 3.06. The number of amides is 1. The quantitative estimate of drug-likeness (QED) is 0.924. The Morgan fingerprint density at radius 2 is 1.73 bits per heavy atom. The highest BCUT2D eigenvalue weighted by Gasteiger charge is 2.09. The molecule has 0 bridgehead atoms. The second kappa shape index (κ2) is 6.52. The van der Waals surface area contributed by atoms with Crippen molar-refractivity contribution in [2.24, 2.45) is 5.41 Å². The molecule has 1 aromatic carbocycles. The van der Waals surface area contributed by atoms with E-state index in [2.05, 4.69) is 49.1 Å². The van der Waals surface area contributed by atoms with Crippen LogP contribution in [0.5, 0.6) is 0 Å². The second-order valence-electron chi connectivity index (χ2n) is 6.32. The van der Waals surface area contributed by atoms with Crippen LogP contribution in [0.15, 0.2) is 48.9 Å². The van der Waals surface area contributed by atoms with Crippen molar-refractivity contribution in [2.45, 2.75) is 27.7 Å². The van der Waals surface area contributed by atoms with Crippen LogP contribution in [0.3, 0.4) is 0 Å². The molecule has 4 nitrogen and oxygen atoms in total. The molecule has 1 N–H and O–H groups in total. The minimum absolute atomic E-state index is 0.132. The molecule has 0 fully saturated rings. The Hall–Kier alpha value is -2.49. The normalized spacial score (nSPS) is 12.1. The first-order chi connectivity index (χ1) is 10.3. The maximum absolute atomic E-state index is 12.1. The van der Waals surface area contributed by atoms with Crippen molar-refractivity contribution in [1.82, 2.24) is 9.97 Å². The first-order valence-electron chi connectivity index (χ1n) is 7.22. The van der Waals surface area contributed by atoms with Gasteiger partial charge in [-0.3, -0.25) is 4.79 Å². The van der Waals surface area contributed by atoms with Gasteiger partial charge in [-0.2, -0.15) is 0 Å². The fraction of sp³-hybridized carbons (Fsp3) is 0.278. The molecule has 1 heterocycles. The van der Waals surface area contributed by atoms with Gasteiger partial charge in [0, 0.05) is 11.8 Å². The highest BCUT2D eigenvalue weighted by atomic mass is 16.1. The summed E-state index contributed by atoms with van der Waals surface area (Å²) in [5, 5.41) is 2.74. The number of anilines is 1. The number of benzene rings is 1. The number of carbonyl (C=O) groups excluding carboxylic acids is 1. The number of allylic oxidation sites excluding steroid dienone is 2. The van der Waals surface area contributed by atoms with E-state index < -0.39 is 0 Å². The second-order valence-corrected chi connectivity index (χ2v) is 6.32. The van der Waals surface area contributed by atoms with E-state index in [1.54, 1.807) is 12.3 Å². The summed E-state index contributed by atoms with van der Waals surface area (Å²) < 4.78 is 0. The Balaban J connectivity index is 2.12. The molecule has 0 spiro atoms. The summed E-state index contributed by atoms with van der Waals surface area (Å²) in [5.74, 6) is 0.315. The van der Waals surface area contributed by atoms with E-state index >= 15 is 0 Å².